The van der Waals surface area contributed by atoms with Crippen molar-refractivity contribution in [1.29, 1.82) is 0 Å². The van der Waals surface area contributed by atoms with Crippen LogP contribution in [0.25, 0.3) is 0 Å². The number of carbonyl (C=O) groups excluding carboxylic acids is 2. The standard InChI is InChI=1S/C21H33N5O2/c1-5-23-21(26-12-10-16(11-13-26)14-19(27)22-2)24-15-17-6-8-18(9-7-17)20(28)25(3)4/h6-9,16H,5,10-15H2,1-4H3,(H,22,27)(H,23,24). The molecule has 7 heteroatoms. The van der Waals surface area contributed by atoms with Crippen LogP contribution in [0, 0.1) is 5.92 Å². The van der Waals surface area contributed by atoms with Crippen LogP contribution in [0.3, 0.4) is 0 Å². The summed E-state index contributed by atoms with van der Waals surface area (Å²) in [5.74, 6) is 1.48. The van der Waals surface area contributed by atoms with E-state index in [-0.39, 0.29) is 11.8 Å². The lowest BCUT2D eigenvalue weighted by molar-refractivity contribution is -0.121. The quantitative estimate of drug-likeness (QED) is 0.575. The van der Waals surface area contributed by atoms with Crippen molar-refractivity contribution < 1.29 is 9.59 Å². The van der Waals surface area contributed by atoms with Gasteiger partial charge in [0, 0.05) is 52.8 Å². The van der Waals surface area contributed by atoms with Crippen LogP contribution in [0.4, 0.5) is 0 Å². The fourth-order valence-electron chi connectivity index (χ4n) is 3.32. The monoisotopic (exact) mass is 387 g/mol. The zero-order valence-corrected chi connectivity index (χ0v) is 17.5. The van der Waals surface area contributed by atoms with Crippen LogP contribution in [-0.4, -0.2) is 68.4 Å². The topological polar surface area (TPSA) is 77.0 Å². The lowest BCUT2D eigenvalue weighted by Gasteiger charge is -2.34. The van der Waals surface area contributed by atoms with Gasteiger partial charge in [0.1, 0.15) is 0 Å². The Bertz CT molecular complexity index is 677. The van der Waals surface area contributed by atoms with Crippen molar-refractivity contribution in [3.63, 3.8) is 0 Å². The fraction of sp³-hybridized carbons (Fsp3) is 0.571. The second kappa shape index (κ2) is 10.7. The molecule has 1 aromatic carbocycles. The molecule has 2 N–H and O–H groups in total. The van der Waals surface area contributed by atoms with Crippen LogP contribution < -0.4 is 10.6 Å². The van der Waals surface area contributed by atoms with Gasteiger partial charge in [0.2, 0.25) is 5.91 Å². The Labute approximate surface area is 168 Å². The van der Waals surface area contributed by atoms with E-state index in [1.807, 2.05) is 24.3 Å². The van der Waals surface area contributed by atoms with Gasteiger partial charge in [-0.3, -0.25) is 9.59 Å². The molecule has 0 atom stereocenters. The van der Waals surface area contributed by atoms with Crippen molar-refractivity contribution in [1.82, 2.24) is 20.4 Å². The highest BCUT2D eigenvalue weighted by Crippen LogP contribution is 2.20. The van der Waals surface area contributed by atoms with Crippen LogP contribution >= 0.6 is 0 Å². The fourth-order valence-corrected chi connectivity index (χ4v) is 3.32. The second-order valence-corrected chi connectivity index (χ2v) is 7.37. The molecule has 154 valence electrons. The summed E-state index contributed by atoms with van der Waals surface area (Å²) < 4.78 is 0. The Balaban J connectivity index is 1.95. The number of hydrogen-bond acceptors (Lipinski definition) is 3. The number of nitrogens with zero attached hydrogens (tertiary/aromatic N) is 3. The molecule has 1 heterocycles. The number of carbonyl (C=O) groups is 2. The van der Waals surface area contributed by atoms with Crippen LogP contribution in [-0.2, 0) is 11.3 Å². The summed E-state index contributed by atoms with van der Waals surface area (Å²) in [6, 6.07) is 7.62. The highest BCUT2D eigenvalue weighted by Gasteiger charge is 2.23. The van der Waals surface area contributed by atoms with E-state index in [1.165, 1.54) is 0 Å². The van der Waals surface area contributed by atoms with Gasteiger partial charge in [-0.05, 0) is 43.4 Å². The Morgan fingerprint density at radius 3 is 2.36 bits per heavy atom. The molecule has 0 bridgehead atoms. The molecule has 1 aromatic rings. The third-order valence-corrected chi connectivity index (χ3v) is 5.02. The Morgan fingerprint density at radius 2 is 1.82 bits per heavy atom. The molecule has 1 fully saturated rings. The lowest BCUT2D eigenvalue weighted by Crippen LogP contribution is -2.46. The maximum Gasteiger partial charge on any atom is 0.253 e. The number of likely N-dealkylation sites (tertiary alicyclic amines) is 1. The van der Waals surface area contributed by atoms with Crippen molar-refractivity contribution in [3.8, 4) is 0 Å². The van der Waals surface area contributed by atoms with Crippen molar-refractivity contribution in [2.45, 2.75) is 32.7 Å². The van der Waals surface area contributed by atoms with Gasteiger partial charge < -0.3 is 20.4 Å². The lowest BCUT2D eigenvalue weighted by atomic mass is 9.93. The van der Waals surface area contributed by atoms with Crippen molar-refractivity contribution in [2.75, 3.05) is 40.8 Å². The van der Waals surface area contributed by atoms with Crippen molar-refractivity contribution in [3.05, 3.63) is 35.4 Å². The van der Waals surface area contributed by atoms with Gasteiger partial charge in [-0.15, -0.1) is 0 Å². The van der Waals surface area contributed by atoms with Gasteiger partial charge in [-0.25, -0.2) is 4.99 Å². The van der Waals surface area contributed by atoms with E-state index in [1.54, 1.807) is 26.0 Å². The number of amides is 2. The first-order valence-electron chi connectivity index (χ1n) is 9.99. The SMILES string of the molecule is CCNC(=NCc1ccc(C(=O)N(C)C)cc1)N1CCC(CC(=O)NC)CC1. The minimum atomic E-state index is 0.00279. The van der Waals surface area contributed by atoms with E-state index in [2.05, 4.69) is 22.5 Å². The number of guanidine groups is 1. The molecule has 0 spiro atoms. The van der Waals surface area contributed by atoms with Gasteiger partial charge in [-0.2, -0.15) is 0 Å². The first-order chi connectivity index (χ1) is 13.4. The number of piperidine rings is 1. The van der Waals surface area contributed by atoms with Gasteiger partial charge >= 0.3 is 0 Å². The highest BCUT2D eigenvalue weighted by atomic mass is 16.2. The summed E-state index contributed by atoms with van der Waals surface area (Å²) >= 11 is 0. The van der Waals surface area contributed by atoms with E-state index in [9.17, 15) is 9.59 Å². The average molecular weight is 388 g/mol. The summed E-state index contributed by atoms with van der Waals surface area (Å²) in [6.07, 6.45) is 2.61. The molecular formula is C21H33N5O2. The first-order valence-corrected chi connectivity index (χ1v) is 9.99. The van der Waals surface area contributed by atoms with Crippen LogP contribution in [0.15, 0.2) is 29.3 Å². The summed E-state index contributed by atoms with van der Waals surface area (Å²) in [7, 11) is 5.19. The first kappa shape index (κ1) is 21.7. The van der Waals surface area contributed by atoms with Gasteiger partial charge in [0.15, 0.2) is 5.96 Å². The molecule has 1 aliphatic heterocycles. The number of rotatable bonds is 6. The molecule has 0 unspecified atom stereocenters. The van der Waals surface area contributed by atoms with E-state index in [0.29, 0.717) is 24.4 Å². The number of benzene rings is 1. The summed E-state index contributed by atoms with van der Waals surface area (Å²) in [5, 5.41) is 6.08. The number of aliphatic imine (C=N–C) groups is 1. The van der Waals surface area contributed by atoms with E-state index in [0.717, 1.165) is 44.0 Å². The minimum Gasteiger partial charge on any atom is -0.359 e. The maximum atomic E-state index is 12.0. The molecule has 7 nitrogen and oxygen atoms in total. The average Bonchev–Trinajstić information content (AvgIpc) is 2.71. The Morgan fingerprint density at radius 1 is 1.18 bits per heavy atom. The molecule has 1 saturated heterocycles. The predicted molar refractivity (Wildman–Crippen MR) is 112 cm³/mol. The Hall–Kier alpha value is -2.57. The summed E-state index contributed by atoms with van der Waals surface area (Å²) in [6.45, 7) is 5.26. The Kier molecular flexibility index (Phi) is 8.29. The normalized spacial score (nSPS) is 15.3. The molecule has 0 radical (unpaired) electrons. The van der Waals surface area contributed by atoms with Crippen molar-refractivity contribution >= 4 is 17.8 Å². The second-order valence-electron chi connectivity index (χ2n) is 7.37. The molecule has 1 aliphatic rings. The largest absolute Gasteiger partial charge is 0.359 e. The third-order valence-electron chi connectivity index (χ3n) is 5.02. The predicted octanol–water partition coefficient (Wildman–Crippen LogP) is 1.70. The zero-order chi connectivity index (χ0) is 20.5. The minimum absolute atomic E-state index is 0.00279. The van der Waals surface area contributed by atoms with E-state index in [4.69, 9.17) is 4.99 Å². The molecule has 0 saturated carbocycles. The van der Waals surface area contributed by atoms with E-state index < -0.39 is 0 Å². The molecule has 28 heavy (non-hydrogen) atoms. The van der Waals surface area contributed by atoms with Gasteiger partial charge in [0.25, 0.3) is 5.91 Å². The molecule has 2 amide bonds. The number of hydrogen-bond donors (Lipinski definition) is 2. The molecule has 0 aliphatic carbocycles. The number of nitrogens with one attached hydrogen (secondary N) is 2. The van der Waals surface area contributed by atoms with Crippen LogP contribution in [0.1, 0.15) is 42.1 Å². The van der Waals surface area contributed by atoms with Gasteiger partial charge in [0.05, 0.1) is 6.54 Å². The molecule has 2 rings (SSSR count). The van der Waals surface area contributed by atoms with Crippen LogP contribution in [0.5, 0.6) is 0 Å². The van der Waals surface area contributed by atoms with Crippen molar-refractivity contribution in [2.24, 2.45) is 10.9 Å². The zero-order valence-electron chi connectivity index (χ0n) is 17.5. The maximum absolute atomic E-state index is 12.0. The molecule has 0 aromatic heterocycles. The van der Waals surface area contributed by atoms with E-state index >= 15 is 0 Å². The van der Waals surface area contributed by atoms with Gasteiger partial charge in [-0.1, -0.05) is 12.1 Å². The van der Waals surface area contributed by atoms with Crippen LogP contribution in [0.2, 0.25) is 0 Å². The molecular weight excluding hydrogens is 354 g/mol. The highest BCUT2D eigenvalue weighted by molar-refractivity contribution is 5.93. The summed E-state index contributed by atoms with van der Waals surface area (Å²) in [4.78, 5) is 32.2. The summed E-state index contributed by atoms with van der Waals surface area (Å²) in [5.41, 5.74) is 1.75. The smallest absolute Gasteiger partial charge is 0.253 e. The third kappa shape index (κ3) is 6.25.